The SMILES string of the molecule is Cc1cccc(N)c1-c1cccc(S(=O)(=O)c2cc(C(=N)N)sc2S)c1. The number of hydrogen-bond acceptors (Lipinski definition) is 6. The second-order valence-electron chi connectivity index (χ2n) is 5.76. The van der Waals surface area contributed by atoms with Crippen molar-refractivity contribution in [2.75, 3.05) is 5.73 Å². The Balaban J connectivity index is 2.15. The quantitative estimate of drug-likeness (QED) is 0.230. The normalized spacial score (nSPS) is 11.5. The van der Waals surface area contributed by atoms with Crippen LogP contribution in [-0.2, 0) is 9.84 Å². The summed E-state index contributed by atoms with van der Waals surface area (Å²) in [5.41, 5.74) is 14.6. The minimum absolute atomic E-state index is 0.0472. The lowest BCUT2D eigenvalue weighted by Gasteiger charge is -2.11. The topological polar surface area (TPSA) is 110 Å². The largest absolute Gasteiger partial charge is 0.398 e. The molecule has 0 unspecified atom stereocenters. The van der Waals surface area contributed by atoms with Crippen molar-refractivity contribution in [3.8, 4) is 11.1 Å². The number of anilines is 1. The molecule has 0 atom stereocenters. The Labute approximate surface area is 161 Å². The summed E-state index contributed by atoms with van der Waals surface area (Å²) in [4.78, 5) is 0.555. The number of nitrogen functional groups attached to an aromatic ring is 2. The zero-order valence-electron chi connectivity index (χ0n) is 13.9. The van der Waals surface area contributed by atoms with E-state index < -0.39 is 9.84 Å². The molecule has 5 nitrogen and oxygen atoms in total. The van der Waals surface area contributed by atoms with Gasteiger partial charge in [0.05, 0.1) is 18.9 Å². The van der Waals surface area contributed by atoms with Gasteiger partial charge in [-0.25, -0.2) is 8.42 Å². The van der Waals surface area contributed by atoms with Crippen molar-refractivity contribution in [2.24, 2.45) is 5.73 Å². The lowest BCUT2D eigenvalue weighted by atomic mass is 9.99. The Bertz CT molecular complexity index is 1100. The molecule has 0 aliphatic carbocycles. The third-order valence-corrected chi connectivity index (χ3v) is 7.51. The summed E-state index contributed by atoms with van der Waals surface area (Å²) in [5.74, 6) is -0.187. The molecule has 8 heteroatoms. The van der Waals surface area contributed by atoms with Crippen molar-refractivity contribution in [3.05, 3.63) is 59.0 Å². The fraction of sp³-hybridized carbons (Fsp3) is 0.0556. The van der Waals surface area contributed by atoms with Gasteiger partial charge in [-0.2, -0.15) is 0 Å². The molecule has 1 aromatic heterocycles. The molecule has 0 fully saturated rings. The van der Waals surface area contributed by atoms with Crippen LogP contribution in [0.1, 0.15) is 10.4 Å². The summed E-state index contributed by atoms with van der Waals surface area (Å²) in [6.07, 6.45) is 0. The second-order valence-corrected chi connectivity index (χ2v) is 9.48. The number of nitrogens with two attached hydrogens (primary N) is 2. The van der Waals surface area contributed by atoms with Crippen LogP contribution in [-0.4, -0.2) is 14.3 Å². The van der Waals surface area contributed by atoms with Gasteiger partial charge in [-0.05, 0) is 42.3 Å². The number of sulfone groups is 1. The molecular weight excluding hydrogens is 386 g/mol. The first-order chi connectivity index (χ1) is 12.2. The van der Waals surface area contributed by atoms with E-state index in [0.29, 0.717) is 14.8 Å². The first-order valence-corrected chi connectivity index (χ1v) is 10.3. The van der Waals surface area contributed by atoms with Crippen LogP contribution in [0.2, 0.25) is 0 Å². The van der Waals surface area contributed by atoms with Gasteiger partial charge >= 0.3 is 0 Å². The number of benzene rings is 2. The predicted octanol–water partition coefficient (Wildman–Crippen LogP) is 3.71. The van der Waals surface area contributed by atoms with Gasteiger partial charge in [0, 0.05) is 11.3 Å². The molecular formula is C18H17N3O2S3. The Kier molecular flexibility index (Phi) is 4.83. The highest BCUT2D eigenvalue weighted by Crippen LogP contribution is 2.36. The number of amidine groups is 1. The second kappa shape index (κ2) is 6.79. The summed E-state index contributed by atoms with van der Waals surface area (Å²) < 4.78 is 26.4. The zero-order valence-corrected chi connectivity index (χ0v) is 16.4. The molecule has 0 spiro atoms. The van der Waals surface area contributed by atoms with Gasteiger partial charge in [0.15, 0.2) is 0 Å². The summed E-state index contributed by atoms with van der Waals surface area (Å²) in [6, 6.07) is 13.6. The molecule has 5 N–H and O–H groups in total. The molecule has 2 aromatic carbocycles. The van der Waals surface area contributed by atoms with Crippen LogP contribution >= 0.6 is 24.0 Å². The highest BCUT2D eigenvalue weighted by molar-refractivity contribution is 7.92. The number of aryl methyl sites for hydroxylation is 1. The van der Waals surface area contributed by atoms with Gasteiger partial charge in [-0.3, -0.25) is 5.41 Å². The molecule has 0 amide bonds. The number of rotatable bonds is 4. The van der Waals surface area contributed by atoms with Gasteiger partial charge in [0.1, 0.15) is 5.84 Å². The molecule has 0 saturated carbocycles. The van der Waals surface area contributed by atoms with Gasteiger partial charge in [-0.1, -0.05) is 24.3 Å². The molecule has 0 bridgehead atoms. The highest BCUT2D eigenvalue weighted by atomic mass is 32.2. The predicted molar refractivity (Wildman–Crippen MR) is 109 cm³/mol. The monoisotopic (exact) mass is 403 g/mol. The summed E-state index contributed by atoms with van der Waals surface area (Å²) in [7, 11) is -3.80. The van der Waals surface area contributed by atoms with Crippen LogP contribution in [0, 0.1) is 12.3 Å². The maximum atomic E-state index is 13.1. The Hall–Kier alpha value is -2.29. The van der Waals surface area contributed by atoms with Crippen molar-refractivity contribution < 1.29 is 8.42 Å². The molecule has 3 aromatic rings. The van der Waals surface area contributed by atoms with E-state index >= 15 is 0 Å². The summed E-state index contributed by atoms with van der Waals surface area (Å²) in [6.45, 7) is 1.93. The lowest BCUT2D eigenvalue weighted by molar-refractivity contribution is 0.595. The van der Waals surface area contributed by atoms with Crippen LogP contribution < -0.4 is 11.5 Å². The smallest absolute Gasteiger partial charge is 0.208 e. The lowest BCUT2D eigenvalue weighted by Crippen LogP contribution is -2.08. The van der Waals surface area contributed by atoms with E-state index in [9.17, 15) is 8.42 Å². The molecule has 1 heterocycles. The van der Waals surface area contributed by atoms with Crippen LogP contribution in [0.4, 0.5) is 5.69 Å². The summed E-state index contributed by atoms with van der Waals surface area (Å²) in [5, 5.41) is 7.49. The van der Waals surface area contributed by atoms with Crippen molar-refractivity contribution in [2.45, 2.75) is 20.9 Å². The number of nitrogens with one attached hydrogen (secondary N) is 1. The van der Waals surface area contributed by atoms with E-state index in [-0.39, 0.29) is 15.6 Å². The van der Waals surface area contributed by atoms with Crippen LogP contribution in [0.3, 0.4) is 0 Å². The molecule has 26 heavy (non-hydrogen) atoms. The van der Waals surface area contributed by atoms with E-state index in [1.165, 1.54) is 12.1 Å². The highest BCUT2D eigenvalue weighted by Gasteiger charge is 2.24. The minimum Gasteiger partial charge on any atom is -0.398 e. The molecule has 0 aliphatic rings. The van der Waals surface area contributed by atoms with Crippen LogP contribution in [0.25, 0.3) is 11.1 Å². The van der Waals surface area contributed by atoms with Gasteiger partial charge in [0.2, 0.25) is 9.84 Å². The average molecular weight is 404 g/mol. The standard InChI is InChI=1S/C18H17N3O2S3/c1-10-4-2-7-13(19)16(10)11-5-3-6-12(8-11)26(22,23)15-9-14(17(20)21)25-18(15)24/h2-9,24H,19H2,1H3,(H3,20,21). The number of thiol groups is 1. The number of hydrogen-bond donors (Lipinski definition) is 4. The van der Waals surface area contributed by atoms with Crippen molar-refractivity contribution >= 4 is 45.3 Å². The molecule has 3 rings (SSSR count). The molecule has 134 valence electrons. The maximum absolute atomic E-state index is 13.1. The first-order valence-electron chi connectivity index (χ1n) is 7.59. The van der Waals surface area contributed by atoms with E-state index in [2.05, 4.69) is 12.6 Å². The Morgan fingerprint density at radius 1 is 1.15 bits per heavy atom. The van der Waals surface area contributed by atoms with Gasteiger partial charge in [0.25, 0.3) is 0 Å². The Morgan fingerprint density at radius 2 is 1.85 bits per heavy atom. The fourth-order valence-corrected chi connectivity index (χ4v) is 5.92. The minimum atomic E-state index is -3.80. The first kappa shape index (κ1) is 18.5. The maximum Gasteiger partial charge on any atom is 0.208 e. The molecule has 0 saturated heterocycles. The number of thiophene rings is 1. The van der Waals surface area contributed by atoms with E-state index in [1.54, 1.807) is 18.2 Å². The van der Waals surface area contributed by atoms with Crippen LogP contribution in [0.5, 0.6) is 0 Å². The van der Waals surface area contributed by atoms with Crippen LogP contribution in [0.15, 0.2) is 62.5 Å². The van der Waals surface area contributed by atoms with E-state index in [1.807, 2.05) is 25.1 Å². The zero-order chi connectivity index (χ0) is 19.1. The van der Waals surface area contributed by atoms with E-state index in [0.717, 1.165) is 28.0 Å². The van der Waals surface area contributed by atoms with Crippen molar-refractivity contribution in [1.82, 2.24) is 0 Å². The molecule has 0 radical (unpaired) electrons. The average Bonchev–Trinajstić information content (AvgIpc) is 2.98. The molecule has 0 aliphatic heterocycles. The summed E-state index contributed by atoms with van der Waals surface area (Å²) >= 11 is 5.32. The van der Waals surface area contributed by atoms with Crippen molar-refractivity contribution in [3.63, 3.8) is 0 Å². The fourth-order valence-electron chi connectivity index (χ4n) is 2.72. The van der Waals surface area contributed by atoms with Gasteiger partial charge < -0.3 is 11.5 Å². The third kappa shape index (κ3) is 3.23. The Morgan fingerprint density at radius 3 is 2.46 bits per heavy atom. The third-order valence-electron chi connectivity index (χ3n) is 3.97. The van der Waals surface area contributed by atoms with Crippen molar-refractivity contribution in [1.29, 1.82) is 5.41 Å². The van der Waals surface area contributed by atoms with E-state index in [4.69, 9.17) is 16.9 Å². The van der Waals surface area contributed by atoms with Gasteiger partial charge in [-0.15, -0.1) is 24.0 Å².